The molecule has 0 aliphatic carbocycles. The van der Waals surface area contributed by atoms with E-state index in [0.717, 1.165) is 11.3 Å². The van der Waals surface area contributed by atoms with Crippen LogP contribution in [-0.4, -0.2) is 62.1 Å². The Morgan fingerprint density at radius 2 is 1.94 bits per heavy atom. The predicted molar refractivity (Wildman–Crippen MR) is 128 cm³/mol. The number of ether oxygens (including phenoxy) is 1. The van der Waals surface area contributed by atoms with E-state index in [1.54, 1.807) is 20.3 Å². The first-order chi connectivity index (χ1) is 16.4. The summed E-state index contributed by atoms with van der Waals surface area (Å²) >= 11 is 1.49. The molecule has 1 unspecified atom stereocenters. The van der Waals surface area contributed by atoms with E-state index in [2.05, 4.69) is 12.0 Å². The minimum absolute atomic E-state index is 0.000381. The summed E-state index contributed by atoms with van der Waals surface area (Å²) in [4.78, 5) is 44.7. The highest BCUT2D eigenvalue weighted by Gasteiger charge is 2.33. The van der Waals surface area contributed by atoms with Gasteiger partial charge in [0.15, 0.2) is 10.8 Å². The number of esters is 1. The maximum Gasteiger partial charge on any atom is 0.308 e. The highest BCUT2D eigenvalue weighted by molar-refractivity contribution is 7.99. The number of hydrogen-bond acceptors (Lipinski definition) is 7. The molecule has 3 aromatic rings. The van der Waals surface area contributed by atoms with Gasteiger partial charge in [-0.1, -0.05) is 17.8 Å². The maximum atomic E-state index is 13.4. The summed E-state index contributed by atoms with van der Waals surface area (Å²) in [7, 11) is 1.39. The Kier molecular flexibility index (Phi) is 5.93. The number of carbonyl (C=O) groups is 2. The van der Waals surface area contributed by atoms with Crippen LogP contribution in [0.5, 0.6) is 0 Å². The number of hydrogen-bond donors (Lipinski definition) is 0. The number of piperidine rings is 1. The highest BCUT2D eigenvalue weighted by atomic mass is 32.2. The van der Waals surface area contributed by atoms with Gasteiger partial charge in [0, 0.05) is 25.3 Å². The smallest absolute Gasteiger partial charge is 0.308 e. The largest absolute Gasteiger partial charge is 0.469 e. The van der Waals surface area contributed by atoms with Crippen molar-refractivity contribution in [2.75, 3.05) is 26.0 Å². The van der Waals surface area contributed by atoms with Gasteiger partial charge in [-0.05, 0) is 49.9 Å². The number of nitrogens with zero attached hydrogens (tertiary/aromatic N) is 5. The third-order valence-corrected chi connectivity index (χ3v) is 8.00. The normalized spacial score (nSPS) is 18.3. The van der Waals surface area contributed by atoms with Crippen LogP contribution in [0, 0.1) is 19.8 Å². The number of likely N-dealkylation sites (tertiary alicyclic amines) is 1. The Balaban J connectivity index is 1.37. The molecular formula is C24H27N5O4S. The second-order valence-electron chi connectivity index (χ2n) is 8.98. The number of amides is 1. The van der Waals surface area contributed by atoms with Crippen molar-refractivity contribution in [1.82, 2.24) is 24.2 Å². The van der Waals surface area contributed by atoms with Gasteiger partial charge in [-0.15, -0.1) is 0 Å². The lowest BCUT2D eigenvalue weighted by Crippen LogP contribution is -2.41. The van der Waals surface area contributed by atoms with Crippen LogP contribution in [0.4, 0.5) is 0 Å². The van der Waals surface area contributed by atoms with Gasteiger partial charge in [0.1, 0.15) is 5.39 Å². The van der Waals surface area contributed by atoms with Gasteiger partial charge < -0.3 is 9.64 Å². The Morgan fingerprint density at radius 1 is 1.18 bits per heavy atom. The molecule has 4 heterocycles. The molecule has 34 heavy (non-hydrogen) atoms. The summed E-state index contributed by atoms with van der Waals surface area (Å²) in [5.41, 5.74) is 3.56. The van der Waals surface area contributed by atoms with E-state index in [-0.39, 0.29) is 35.8 Å². The zero-order chi connectivity index (χ0) is 24.0. The monoisotopic (exact) mass is 481 g/mol. The van der Waals surface area contributed by atoms with E-state index in [9.17, 15) is 14.4 Å². The van der Waals surface area contributed by atoms with Crippen molar-refractivity contribution < 1.29 is 14.3 Å². The van der Waals surface area contributed by atoms with Gasteiger partial charge in [-0.25, -0.2) is 9.67 Å². The Morgan fingerprint density at radius 3 is 2.65 bits per heavy atom. The highest BCUT2D eigenvalue weighted by Crippen LogP contribution is 2.34. The number of methoxy groups -OCH3 is 1. The quantitative estimate of drug-likeness (QED) is 0.417. The van der Waals surface area contributed by atoms with Crippen LogP contribution in [0.1, 0.15) is 36.4 Å². The van der Waals surface area contributed by atoms with Crippen LogP contribution in [0.3, 0.4) is 0 Å². The number of carbonyl (C=O) groups excluding carboxylic acids is 2. The average molecular weight is 482 g/mol. The van der Waals surface area contributed by atoms with Gasteiger partial charge in [-0.3, -0.25) is 19.0 Å². The molecule has 1 amide bonds. The molecular weight excluding hydrogens is 454 g/mol. The summed E-state index contributed by atoms with van der Waals surface area (Å²) in [5, 5.41) is 5.51. The number of fused-ring (bicyclic) bond motifs is 2. The third kappa shape index (κ3) is 3.89. The lowest BCUT2D eigenvalue weighted by molar-refractivity contribution is -0.149. The first-order valence-corrected chi connectivity index (χ1v) is 12.4. The molecule has 1 atom stereocenters. The fourth-order valence-electron chi connectivity index (χ4n) is 4.69. The molecule has 2 aliphatic rings. The molecule has 2 aliphatic heterocycles. The molecule has 0 N–H and O–H groups in total. The van der Waals surface area contributed by atoms with Crippen LogP contribution in [0.25, 0.3) is 16.7 Å². The first-order valence-electron chi connectivity index (χ1n) is 11.4. The van der Waals surface area contributed by atoms with E-state index in [1.165, 1.54) is 24.4 Å². The van der Waals surface area contributed by atoms with Gasteiger partial charge in [0.05, 0.1) is 31.0 Å². The van der Waals surface area contributed by atoms with E-state index >= 15 is 0 Å². The molecule has 0 radical (unpaired) electrons. The molecule has 5 rings (SSSR count). The van der Waals surface area contributed by atoms with Crippen molar-refractivity contribution in [3.05, 3.63) is 45.9 Å². The van der Waals surface area contributed by atoms with Crippen molar-refractivity contribution in [2.24, 2.45) is 5.92 Å². The van der Waals surface area contributed by atoms with Crippen molar-refractivity contribution >= 4 is 34.7 Å². The molecule has 1 saturated heterocycles. The number of aromatic nitrogens is 4. The molecule has 9 nitrogen and oxygen atoms in total. The molecule has 178 valence electrons. The molecule has 10 heteroatoms. The van der Waals surface area contributed by atoms with Crippen molar-refractivity contribution in [2.45, 2.75) is 44.3 Å². The van der Waals surface area contributed by atoms with Crippen LogP contribution in [-0.2, 0) is 14.3 Å². The number of thioether (sulfide) groups is 1. The minimum atomic E-state index is -0.250. The van der Waals surface area contributed by atoms with Crippen molar-refractivity contribution in [3.8, 4) is 5.69 Å². The molecule has 1 fully saturated rings. The van der Waals surface area contributed by atoms with Crippen LogP contribution < -0.4 is 5.56 Å². The fourth-order valence-corrected chi connectivity index (χ4v) is 5.82. The molecule has 0 bridgehead atoms. The Hall–Kier alpha value is -3.14. The van der Waals surface area contributed by atoms with E-state index in [1.807, 2.05) is 25.1 Å². The van der Waals surface area contributed by atoms with Gasteiger partial charge in [0.25, 0.3) is 5.56 Å². The first kappa shape index (κ1) is 22.6. The zero-order valence-corrected chi connectivity index (χ0v) is 20.3. The number of benzene rings is 1. The van der Waals surface area contributed by atoms with Gasteiger partial charge in [0.2, 0.25) is 5.91 Å². The van der Waals surface area contributed by atoms with Crippen LogP contribution in [0.15, 0.2) is 34.3 Å². The van der Waals surface area contributed by atoms with Crippen molar-refractivity contribution in [3.63, 3.8) is 0 Å². The number of aryl methyl sites for hydroxylation is 2. The number of rotatable bonds is 4. The molecule has 1 aromatic carbocycles. The summed E-state index contributed by atoms with van der Waals surface area (Å²) in [6, 6.07) is 5.79. The summed E-state index contributed by atoms with van der Waals surface area (Å²) in [5.74, 6) is 0.262. The second kappa shape index (κ2) is 8.90. The average Bonchev–Trinajstić information content (AvgIpc) is 3.45. The topological polar surface area (TPSA) is 99.3 Å². The molecule has 0 spiro atoms. The van der Waals surface area contributed by atoms with Gasteiger partial charge >= 0.3 is 5.97 Å². The third-order valence-electron chi connectivity index (χ3n) is 6.90. The predicted octanol–water partition coefficient (Wildman–Crippen LogP) is 2.65. The second-order valence-corrected chi connectivity index (χ2v) is 9.97. The summed E-state index contributed by atoms with van der Waals surface area (Å²) in [6.45, 7) is 5.15. The fraction of sp³-hybridized carbons (Fsp3) is 0.458. The zero-order valence-electron chi connectivity index (χ0n) is 19.5. The summed E-state index contributed by atoms with van der Waals surface area (Å²) < 4.78 is 8.18. The van der Waals surface area contributed by atoms with Crippen LogP contribution in [0.2, 0.25) is 0 Å². The van der Waals surface area contributed by atoms with E-state index in [4.69, 9.17) is 9.72 Å². The summed E-state index contributed by atoms with van der Waals surface area (Å²) in [6.07, 6.45) is 3.01. The van der Waals surface area contributed by atoms with E-state index in [0.29, 0.717) is 47.9 Å². The standard InChI is InChI=1S/C24H27N5O4S/c1-14-4-5-17(10-15(14)2)29-21-19(12-25-29)22(31)28-18(13-34-24(28)26-21)11-20(30)27-8-6-16(7-9-27)23(32)33-3/h4-5,10,12,16,18H,6-9,11,13H2,1-3H3. The lowest BCUT2D eigenvalue weighted by Gasteiger charge is -2.31. The van der Waals surface area contributed by atoms with Gasteiger partial charge in [-0.2, -0.15) is 5.10 Å². The van der Waals surface area contributed by atoms with E-state index < -0.39 is 0 Å². The Labute approximate surface area is 201 Å². The Bertz CT molecular complexity index is 1340. The maximum absolute atomic E-state index is 13.4. The van der Waals surface area contributed by atoms with Crippen molar-refractivity contribution in [1.29, 1.82) is 0 Å². The van der Waals surface area contributed by atoms with Crippen LogP contribution >= 0.6 is 11.8 Å². The SMILES string of the molecule is COC(=O)C1CCN(C(=O)CC2CSc3nc4c(cnn4-c4ccc(C)c(C)c4)c(=O)n32)CC1. The lowest BCUT2D eigenvalue weighted by atomic mass is 9.96. The molecule has 0 saturated carbocycles. The minimum Gasteiger partial charge on any atom is -0.469 e. The molecule has 2 aromatic heterocycles.